The van der Waals surface area contributed by atoms with E-state index in [9.17, 15) is 0 Å². The normalized spacial score (nSPS) is 10.9. The van der Waals surface area contributed by atoms with Gasteiger partial charge in [0.2, 0.25) is 0 Å². The molecule has 0 atom stereocenters. The Hall–Kier alpha value is -1.80. The van der Waals surface area contributed by atoms with E-state index in [0.29, 0.717) is 5.84 Å². The van der Waals surface area contributed by atoms with E-state index in [1.54, 1.807) is 0 Å². The van der Waals surface area contributed by atoms with Crippen molar-refractivity contribution in [2.24, 2.45) is 10.7 Å². The molecule has 2 aromatic carbocycles. The lowest BCUT2D eigenvalue weighted by Gasteiger charge is -2.02. The number of hydrogen-bond donors (Lipinski definition) is 1. The summed E-state index contributed by atoms with van der Waals surface area (Å²) in [5.41, 5.74) is 10.2. The molecule has 0 saturated carbocycles. The molecule has 2 nitrogen and oxygen atoms in total. The van der Waals surface area contributed by atoms with Crippen LogP contribution in [0.5, 0.6) is 0 Å². The van der Waals surface area contributed by atoms with Gasteiger partial charge in [-0.1, -0.05) is 42.0 Å². The Morgan fingerprint density at radius 2 is 1.61 bits per heavy atom. The van der Waals surface area contributed by atoms with E-state index in [1.165, 1.54) is 11.1 Å². The first-order chi connectivity index (χ1) is 8.15. The average molecular weight is 261 g/mol. The molecule has 0 aliphatic rings. The van der Waals surface area contributed by atoms with E-state index in [2.05, 4.69) is 11.9 Å². The number of amidine groups is 1. The van der Waals surface area contributed by atoms with Gasteiger partial charge in [0.25, 0.3) is 0 Å². The minimum absolute atomic E-state index is 0. The van der Waals surface area contributed by atoms with Gasteiger partial charge in [0.05, 0.1) is 5.69 Å². The second kappa shape index (κ2) is 6.22. The Morgan fingerprint density at radius 3 is 2.22 bits per heavy atom. The number of nitrogens with two attached hydrogens (primary N) is 1. The highest BCUT2D eigenvalue weighted by Crippen LogP contribution is 2.14. The molecule has 0 fully saturated rings. The third-order valence-corrected chi connectivity index (χ3v) is 2.60. The van der Waals surface area contributed by atoms with Crippen molar-refractivity contribution in [1.82, 2.24) is 0 Å². The number of hydrogen-bond acceptors (Lipinski definition) is 1. The van der Waals surface area contributed by atoms with Gasteiger partial charge < -0.3 is 5.73 Å². The van der Waals surface area contributed by atoms with E-state index in [0.717, 1.165) is 11.3 Å². The Balaban J connectivity index is 0.00000162. The number of aliphatic imine (C=N–C) groups is 1. The molecule has 0 bridgehead atoms. The SMILES string of the molecule is Cc1ccc(C(N)=Nc2cccc(C)c2)cc1.Cl. The molecule has 2 N–H and O–H groups in total. The van der Waals surface area contributed by atoms with Crippen LogP contribution >= 0.6 is 12.4 Å². The summed E-state index contributed by atoms with van der Waals surface area (Å²) >= 11 is 0. The summed E-state index contributed by atoms with van der Waals surface area (Å²) < 4.78 is 0. The first kappa shape index (κ1) is 14.3. The molecule has 0 spiro atoms. The molecule has 0 aliphatic carbocycles. The van der Waals surface area contributed by atoms with Gasteiger partial charge in [0.15, 0.2) is 0 Å². The molecule has 0 saturated heterocycles. The molecule has 0 aromatic heterocycles. The lowest BCUT2D eigenvalue weighted by Crippen LogP contribution is -2.12. The second-order valence-electron chi connectivity index (χ2n) is 4.20. The van der Waals surface area contributed by atoms with Crippen molar-refractivity contribution in [1.29, 1.82) is 0 Å². The Morgan fingerprint density at radius 1 is 0.944 bits per heavy atom. The van der Waals surface area contributed by atoms with Crippen LogP contribution in [-0.4, -0.2) is 5.84 Å². The van der Waals surface area contributed by atoms with Gasteiger partial charge >= 0.3 is 0 Å². The number of benzene rings is 2. The van der Waals surface area contributed by atoms with E-state index >= 15 is 0 Å². The summed E-state index contributed by atoms with van der Waals surface area (Å²) in [6, 6.07) is 16.0. The van der Waals surface area contributed by atoms with Crippen LogP contribution in [0.2, 0.25) is 0 Å². The maximum atomic E-state index is 5.98. The van der Waals surface area contributed by atoms with Crippen LogP contribution in [0.1, 0.15) is 16.7 Å². The standard InChI is InChI=1S/C15H16N2.ClH/c1-11-6-8-13(9-7-11)15(16)17-14-5-3-4-12(2)10-14;/h3-10H,1-2H3,(H2,16,17);1H. The first-order valence-electron chi connectivity index (χ1n) is 5.63. The molecule has 0 aliphatic heterocycles. The van der Waals surface area contributed by atoms with Gasteiger partial charge in [-0.25, -0.2) is 4.99 Å². The van der Waals surface area contributed by atoms with Crippen molar-refractivity contribution in [3.8, 4) is 0 Å². The molecule has 0 amide bonds. The zero-order chi connectivity index (χ0) is 12.3. The molecule has 0 heterocycles. The lowest BCUT2D eigenvalue weighted by molar-refractivity contribution is 1.39. The zero-order valence-electron chi connectivity index (χ0n) is 10.6. The predicted octanol–water partition coefficient (Wildman–Crippen LogP) is 3.76. The summed E-state index contributed by atoms with van der Waals surface area (Å²) in [6.45, 7) is 4.10. The van der Waals surface area contributed by atoms with Crippen molar-refractivity contribution < 1.29 is 0 Å². The molecule has 18 heavy (non-hydrogen) atoms. The highest BCUT2D eigenvalue weighted by Gasteiger charge is 1.98. The van der Waals surface area contributed by atoms with Crippen LogP contribution in [0.4, 0.5) is 5.69 Å². The van der Waals surface area contributed by atoms with Crippen molar-refractivity contribution in [3.63, 3.8) is 0 Å². The maximum absolute atomic E-state index is 5.98. The van der Waals surface area contributed by atoms with Crippen LogP contribution in [0, 0.1) is 13.8 Å². The van der Waals surface area contributed by atoms with Crippen molar-refractivity contribution in [3.05, 3.63) is 65.2 Å². The fraction of sp³-hybridized carbons (Fsp3) is 0.133. The van der Waals surface area contributed by atoms with Crippen LogP contribution < -0.4 is 5.73 Å². The predicted molar refractivity (Wildman–Crippen MR) is 80.0 cm³/mol. The highest BCUT2D eigenvalue weighted by atomic mass is 35.5. The van der Waals surface area contributed by atoms with Crippen LogP contribution in [0.15, 0.2) is 53.5 Å². The van der Waals surface area contributed by atoms with E-state index in [4.69, 9.17) is 5.73 Å². The number of aryl methyl sites for hydroxylation is 2. The molecular weight excluding hydrogens is 244 g/mol. The molecule has 0 radical (unpaired) electrons. The maximum Gasteiger partial charge on any atom is 0.131 e. The van der Waals surface area contributed by atoms with E-state index in [1.807, 2.05) is 55.5 Å². The topological polar surface area (TPSA) is 38.4 Å². The summed E-state index contributed by atoms with van der Waals surface area (Å²) in [4.78, 5) is 4.41. The number of nitrogens with zero attached hydrogens (tertiary/aromatic N) is 1. The highest BCUT2D eigenvalue weighted by molar-refractivity contribution is 5.99. The fourth-order valence-corrected chi connectivity index (χ4v) is 1.63. The molecule has 3 heteroatoms. The third-order valence-electron chi connectivity index (χ3n) is 2.60. The Labute approximate surface area is 114 Å². The zero-order valence-corrected chi connectivity index (χ0v) is 11.4. The Bertz CT molecular complexity index is 545. The smallest absolute Gasteiger partial charge is 0.131 e. The Kier molecular flexibility index (Phi) is 4.93. The van der Waals surface area contributed by atoms with Crippen molar-refractivity contribution >= 4 is 23.9 Å². The van der Waals surface area contributed by atoms with Crippen LogP contribution in [0.3, 0.4) is 0 Å². The molecule has 2 aromatic rings. The summed E-state index contributed by atoms with van der Waals surface area (Å²) in [6.07, 6.45) is 0. The van der Waals surface area contributed by atoms with Crippen LogP contribution in [0.25, 0.3) is 0 Å². The number of halogens is 1. The van der Waals surface area contributed by atoms with E-state index in [-0.39, 0.29) is 12.4 Å². The van der Waals surface area contributed by atoms with Gasteiger partial charge in [-0.3, -0.25) is 0 Å². The van der Waals surface area contributed by atoms with Gasteiger partial charge in [-0.2, -0.15) is 0 Å². The van der Waals surface area contributed by atoms with Crippen LogP contribution in [-0.2, 0) is 0 Å². The lowest BCUT2D eigenvalue weighted by atomic mass is 10.1. The van der Waals surface area contributed by atoms with Crippen molar-refractivity contribution in [2.75, 3.05) is 0 Å². The third kappa shape index (κ3) is 3.60. The quantitative estimate of drug-likeness (QED) is 0.648. The summed E-state index contributed by atoms with van der Waals surface area (Å²) in [5.74, 6) is 0.551. The van der Waals surface area contributed by atoms with Gasteiger partial charge in [0, 0.05) is 5.56 Å². The minimum atomic E-state index is 0. The van der Waals surface area contributed by atoms with Crippen molar-refractivity contribution in [2.45, 2.75) is 13.8 Å². The summed E-state index contributed by atoms with van der Waals surface area (Å²) in [7, 11) is 0. The largest absolute Gasteiger partial charge is 0.383 e. The first-order valence-corrected chi connectivity index (χ1v) is 5.63. The number of rotatable bonds is 2. The monoisotopic (exact) mass is 260 g/mol. The van der Waals surface area contributed by atoms with Gasteiger partial charge in [-0.15, -0.1) is 12.4 Å². The minimum Gasteiger partial charge on any atom is -0.383 e. The molecular formula is C15H17ClN2. The van der Waals surface area contributed by atoms with E-state index < -0.39 is 0 Å². The summed E-state index contributed by atoms with van der Waals surface area (Å²) in [5, 5.41) is 0. The molecule has 94 valence electrons. The average Bonchev–Trinajstić information content (AvgIpc) is 2.29. The van der Waals surface area contributed by atoms with Gasteiger partial charge in [0.1, 0.15) is 5.84 Å². The fourth-order valence-electron chi connectivity index (χ4n) is 1.63. The second-order valence-corrected chi connectivity index (χ2v) is 4.20. The molecule has 0 unspecified atom stereocenters. The van der Waals surface area contributed by atoms with Gasteiger partial charge in [-0.05, 0) is 31.5 Å². The molecule has 2 rings (SSSR count).